The molecule has 2 N–H and O–H groups in total. The molecule has 5 nitrogen and oxygen atoms in total. The molecule has 0 saturated carbocycles. The standard InChI is InChI=1S/C11H17N5/c1-9(2)8-16(7-3-6-12)11-5-4-10(13)14-15-11/h4-5,9H,3,7-8H2,1-2H3,(H2,13,14). The lowest BCUT2D eigenvalue weighted by atomic mass is 10.2. The smallest absolute Gasteiger partial charge is 0.151 e. The second kappa shape index (κ2) is 5.91. The van der Waals surface area contributed by atoms with Crippen molar-refractivity contribution in [2.45, 2.75) is 20.3 Å². The van der Waals surface area contributed by atoms with E-state index in [4.69, 9.17) is 11.0 Å². The first-order valence-corrected chi connectivity index (χ1v) is 5.34. The molecule has 5 heteroatoms. The first-order chi connectivity index (χ1) is 7.63. The maximum absolute atomic E-state index is 8.61. The van der Waals surface area contributed by atoms with E-state index in [0.717, 1.165) is 12.4 Å². The van der Waals surface area contributed by atoms with Gasteiger partial charge < -0.3 is 10.6 Å². The Morgan fingerprint density at radius 1 is 1.44 bits per heavy atom. The summed E-state index contributed by atoms with van der Waals surface area (Å²) >= 11 is 0. The van der Waals surface area contributed by atoms with E-state index in [2.05, 4.69) is 35.0 Å². The molecule has 0 unspecified atom stereocenters. The molecule has 0 amide bonds. The number of nitrogens with zero attached hydrogens (tertiary/aromatic N) is 4. The summed E-state index contributed by atoms with van der Waals surface area (Å²) in [6.07, 6.45) is 0.485. The van der Waals surface area contributed by atoms with Crippen LogP contribution in [0.5, 0.6) is 0 Å². The second-order valence-electron chi connectivity index (χ2n) is 4.06. The van der Waals surface area contributed by atoms with Crippen molar-refractivity contribution in [1.29, 1.82) is 5.26 Å². The third-order valence-electron chi connectivity index (χ3n) is 2.07. The van der Waals surface area contributed by atoms with Crippen LogP contribution >= 0.6 is 0 Å². The predicted molar refractivity (Wildman–Crippen MR) is 63.7 cm³/mol. The van der Waals surface area contributed by atoms with Crippen molar-refractivity contribution in [2.75, 3.05) is 23.7 Å². The summed E-state index contributed by atoms with van der Waals surface area (Å²) in [7, 11) is 0. The van der Waals surface area contributed by atoms with Crippen molar-refractivity contribution in [1.82, 2.24) is 10.2 Å². The monoisotopic (exact) mass is 219 g/mol. The molecule has 0 aliphatic carbocycles. The van der Waals surface area contributed by atoms with Gasteiger partial charge in [0.1, 0.15) is 5.82 Å². The number of hydrogen-bond donors (Lipinski definition) is 1. The molecule has 0 aliphatic rings. The fourth-order valence-corrected chi connectivity index (χ4v) is 1.43. The van der Waals surface area contributed by atoms with Gasteiger partial charge in [0, 0.05) is 13.1 Å². The van der Waals surface area contributed by atoms with Crippen molar-refractivity contribution in [3.8, 4) is 6.07 Å². The fraction of sp³-hybridized carbons (Fsp3) is 0.545. The molecular formula is C11H17N5. The Morgan fingerprint density at radius 3 is 2.69 bits per heavy atom. The van der Waals surface area contributed by atoms with Gasteiger partial charge >= 0.3 is 0 Å². The van der Waals surface area contributed by atoms with E-state index in [-0.39, 0.29) is 0 Å². The molecule has 0 fully saturated rings. The van der Waals surface area contributed by atoms with Crippen molar-refractivity contribution in [3.05, 3.63) is 12.1 Å². The van der Waals surface area contributed by atoms with Crippen LogP contribution in [0.1, 0.15) is 20.3 Å². The van der Waals surface area contributed by atoms with E-state index >= 15 is 0 Å². The SMILES string of the molecule is CC(C)CN(CCC#N)c1ccc(N)nn1. The molecule has 0 aliphatic heterocycles. The number of anilines is 2. The van der Waals surface area contributed by atoms with Crippen LogP contribution in [0, 0.1) is 17.2 Å². The van der Waals surface area contributed by atoms with Crippen LogP contribution in [0.15, 0.2) is 12.1 Å². The highest BCUT2D eigenvalue weighted by Gasteiger charge is 2.09. The zero-order valence-electron chi connectivity index (χ0n) is 9.72. The second-order valence-corrected chi connectivity index (χ2v) is 4.06. The Hall–Kier alpha value is -1.83. The Bertz CT molecular complexity index is 352. The molecule has 0 saturated heterocycles. The molecule has 1 aromatic rings. The van der Waals surface area contributed by atoms with Crippen LogP contribution < -0.4 is 10.6 Å². The largest absolute Gasteiger partial charge is 0.382 e. The third-order valence-corrected chi connectivity index (χ3v) is 2.07. The van der Waals surface area contributed by atoms with E-state index in [9.17, 15) is 0 Å². The number of nitrogens with two attached hydrogens (primary N) is 1. The Labute approximate surface area is 95.9 Å². The maximum Gasteiger partial charge on any atom is 0.151 e. The summed E-state index contributed by atoms with van der Waals surface area (Å²) in [5, 5.41) is 16.5. The Morgan fingerprint density at radius 2 is 2.19 bits per heavy atom. The van der Waals surface area contributed by atoms with Gasteiger partial charge in [0.05, 0.1) is 12.5 Å². The first kappa shape index (κ1) is 12.2. The summed E-state index contributed by atoms with van der Waals surface area (Å²) in [6.45, 7) is 5.79. The lowest BCUT2D eigenvalue weighted by molar-refractivity contribution is 0.605. The minimum absolute atomic E-state index is 0.411. The van der Waals surface area contributed by atoms with Gasteiger partial charge in [-0.3, -0.25) is 0 Å². The first-order valence-electron chi connectivity index (χ1n) is 5.34. The summed E-state index contributed by atoms with van der Waals surface area (Å²) in [6, 6.07) is 5.70. The van der Waals surface area contributed by atoms with Crippen LogP contribution in [0.4, 0.5) is 11.6 Å². The van der Waals surface area contributed by atoms with Crippen molar-refractivity contribution >= 4 is 11.6 Å². The van der Waals surface area contributed by atoms with Gasteiger partial charge in [-0.2, -0.15) is 5.26 Å². The van der Waals surface area contributed by atoms with E-state index in [0.29, 0.717) is 24.7 Å². The topological polar surface area (TPSA) is 78.8 Å². The summed E-state index contributed by atoms with van der Waals surface area (Å²) in [4.78, 5) is 2.06. The number of rotatable bonds is 5. The van der Waals surface area contributed by atoms with Crippen molar-refractivity contribution in [2.24, 2.45) is 5.92 Å². The lowest BCUT2D eigenvalue weighted by Crippen LogP contribution is -2.29. The molecule has 16 heavy (non-hydrogen) atoms. The third kappa shape index (κ3) is 3.73. The summed E-state index contributed by atoms with van der Waals surface area (Å²) in [5.74, 6) is 1.70. The van der Waals surface area contributed by atoms with E-state index in [1.165, 1.54) is 0 Å². The van der Waals surface area contributed by atoms with Crippen molar-refractivity contribution < 1.29 is 0 Å². The number of nitrogen functional groups attached to an aromatic ring is 1. The van der Waals surface area contributed by atoms with Crippen LogP contribution in [0.2, 0.25) is 0 Å². The number of nitriles is 1. The van der Waals surface area contributed by atoms with Gasteiger partial charge in [-0.25, -0.2) is 0 Å². The van der Waals surface area contributed by atoms with Gasteiger partial charge in [0.2, 0.25) is 0 Å². The minimum Gasteiger partial charge on any atom is -0.382 e. The van der Waals surface area contributed by atoms with Gasteiger partial charge in [0.15, 0.2) is 5.82 Å². The summed E-state index contributed by atoms with van der Waals surface area (Å²) < 4.78 is 0. The van der Waals surface area contributed by atoms with Gasteiger partial charge in [-0.1, -0.05) is 13.8 Å². The lowest BCUT2D eigenvalue weighted by Gasteiger charge is -2.23. The molecule has 0 bridgehead atoms. The van der Waals surface area contributed by atoms with Crippen molar-refractivity contribution in [3.63, 3.8) is 0 Å². The highest BCUT2D eigenvalue weighted by molar-refractivity contribution is 5.41. The normalized spacial score (nSPS) is 10.1. The number of hydrogen-bond acceptors (Lipinski definition) is 5. The molecular weight excluding hydrogens is 202 g/mol. The van der Waals surface area contributed by atoms with Gasteiger partial charge in [-0.15, -0.1) is 10.2 Å². The van der Waals surface area contributed by atoms with Crippen LogP contribution in [0.3, 0.4) is 0 Å². The molecule has 0 aromatic carbocycles. The Kier molecular flexibility index (Phi) is 4.52. The average molecular weight is 219 g/mol. The highest BCUT2D eigenvalue weighted by Crippen LogP contribution is 2.12. The van der Waals surface area contributed by atoms with E-state index in [1.807, 2.05) is 6.07 Å². The van der Waals surface area contributed by atoms with E-state index < -0.39 is 0 Å². The van der Waals surface area contributed by atoms with Crippen LogP contribution in [-0.2, 0) is 0 Å². The van der Waals surface area contributed by atoms with Crippen LogP contribution in [0.25, 0.3) is 0 Å². The van der Waals surface area contributed by atoms with E-state index in [1.54, 1.807) is 6.07 Å². The molecule has 86 valence electrons. The molecule has 0 atom stereocenters. The zero-order valence-corrected chi connectivity index (χ0v) is 9.72. The zero-order chi connectivity index (χ0) is 12.0. The molecule has 1 aromatic heterocycles. The molecule has 0 spiro atoms. The van der Waals surface area contributed by atoms with Gasteiger partial charge in [-0.05, 0) is 18.1 Å². The summed E-state index contributed by atoms with van der Waals surface area (Å²) in [5.41, 5.74) is 5.48. The predicted octanol–water partition coefficient (Wildman–Crippen LogP) is 1.43. The average Bonchev–Trinajstić information content (AvgIpc) is 2.25. The van der Waals surface area contributed by atoms with Gasteiger partial charge in [0.25, 0.3) is 0 Å². The molecule has 0 radical (unpaired) electrons. The molecule has 1 heterocycles. The van der Waals surface area contributed by atoms with Crippen LogP contribution in [-0.4, -0.2) is 23.3 Å². The minimum atomic E-state index is 0.411. The fourth-order valence-electron chi connectivity index (χ4n) is 1.43. The molecule has 1 rings (SSSR count). The highest BCUT2D eigenvalue weighted by atomic mass is 15.3. The Balaban J connectivity index is 2.75. The quantitative estimate of drug-likeness (QED) is 0.810. The number of aromatic nitrogens is 2. The maximum atomic E-state index is 8.61.